The van der Waals surface area contributed by atoms with Gasteiger partial charge in [-0.3, -0.25) is 4.79 Å². The number of hydrogen-bond acceptors (Lipinski definition) is 1. The van der Waals surface area contributed by atoms with E-state index < -0.39 is 0 Å². The monoisotopic (exact) mass is 141 g/mol. The molecule has 0 N–H and O–H groups in total. The van der Waals surface area contributed by atoms with E-state index in [1.165, 1.54) is 5.92 Å². The third kappa shape index (κ3) is 3.65. The van der Waals surface area contributed by atoms with Crippen LogP contribution in [0.4, 0.5) is 0 Å². The van der Waals surface area contributed by atoms with Gasteiger partial charge >= 0.3 is 0 Å². The van der Waals surface area contributed by atoms with Crippen LogP contribution < -0.4 is 0 Å². The van der Waals surface area contributed by atoms with Crippen LogP contribution in [0.1, 0.15) is 46.5 Å². The van der Waals surface area contributed by atoms with Gasteiger partial charge in [0, 0.05) is 12.8 Å². The molecule has 1 radical (unpaired) electrons. The molecule has 0 saturated carbocycles. The van der Waals surface area contributed by atoms with Crippen molar-refractivity contribution < 1.29 is 4.79 Å². The molecule has 1 heteroatoms. The van der Waals surface area contributed by atoms with E-state index in [0.717, 1.165) is 12.8 Å². The van der Waals surface area contributed by atoms with Crippen molar-refractivity contribution in [3.63, 3.8) is 0 Å². The Morgan fingerprint density at radius 2 is 1.50 bits per heavy atom. The van der Waals surface area contributed by atoms with Crippen molar-refractivity contribution >= 4 is 5.78 Å². The highest BCUT2D eigenvalue weighted by atomic mass is 16.1. The molecule has 0 aliphatic heterocycles. The second kappa shape index (κ2) is 5.45. The number of carbonyl (C=O) groups is 1. The van der Waals surface area contributed by atoms with E-state index in [1.54, 1.807) is 0 Å². The van der Waals surface area contributed by atoms with Crippen molar-refractivity contribution in [2.24, 2.45) is 0 Å². The van der Waals surface area contributed by atoms with Gasteiger partial charge in [-0.25, -0.2) is 0 Å². The largest absolute Gasteiger partial charge is 0.300 e. The molecule has 0 aliphatic rings. The van der Waals surface area contributed by atoms with Crippen LogP contribution in [0, 0.1) is 5.92 Å². The molecule has 0 rings (SSSR count). The molecule has 0 aromatic rings. The van der Waals surface area contributed by atoms with Crippen molar-refractivity contribution in [2.75, 3.05) is 0 Å². The lowest BCUT2D eigenvalue weighted by atomic mass is 9.96. The van der Waals surface area contributed by atoms with Gasteiger partial charge in [-0.2, -0.15) is 0 Å². The van der Waals surface area contributed by atoms with Crippen molar-refractivity contribution in [3.05, 3.63) is 5.92 Å². The Hall–Kier alpha value is -0.330. The minimum Gasteiger partial charge on any atom is -0.300 e. The topological polar surface area (TPSA) is 17.1 Å². The van der Waals surface area contributed by atoms with E-state index in [2.05, 4.69) is 13.8 Å². The zero-order valence-electron chi connectivity index (χ0n) is 7.24. The van der Waals surface area contributed by atoms with Crippen LogP contribution in [-0.2, 0) is 4.79 Å². The minimum absolute atomic E-state index is 0.374. The molecular weight excluding hydrogens is 124 g/mol. The van der Waals surface area contributed by atoms with Crippen LogP contribution in [0.2, 0.25) is 0 Å². The maximum atomic E-state index is 10.9. The molecular formula is C9H17O. The van der Waals surface area contributed by atoms with Gasteiger partial charge in [0.25, 0.3) is 0 Å². The van der Waals surface area contributed by atoms with Gasteiger partial charge in [0.1, 0.15) is 5.78 Å². The van der Waals surface area contributed by atoms with Gasteiger partial charge in [-0.1, -0.05) is 20.8 Å². The van der Waals surface area contributed by atoms with Crippen LogP contribution in [0.25, 0.3) is 0 Å². The third-order valence-corrected chi connectivity index (χ3v) is 1.84. The third-order valence-electron chi connectivity index (χ3n) is 1.84. The second-order valence-electron chi connectivity index (χ2n) is 2.53. The Morgan fingerprint density at radius 1 is 1.00 bits per heavy atom. The predicted octanol–water partition coefficient (Wildman–Crippen LogP) is 2.75. The molecule has 1 nitrogen and oxygen atoms in total. The smallest absolute Gasteiger partial charge is 0.133 e. The molecule has 0 atom stereocenters. The first kappa shape index (κ1) is 9.67. The Balaban J connectivity index is 3.52. The van der Waals surface area contributed by atoms with E-state index in [1.807, 2.05) is 6.92 Å². The molecule has 59 valence electrons. The van der Waals surface area contributed by atoms with Gasteiger partial charge in [0.15, 0.2) is 0 Å². The van der Waals surface area contributed by atoms with Gasteiger partial charge in [0.05, 0.1) is 0 Å². The predicted molar refractivity (Wildman–Crippen MR) is 43.7 cm³/mol. The van der Waals surface area contributed by atoms with Gasteiger partial charge in [0.2, 0.25) is 0 Å². The van der Waals surface area contributed by atoms with E-state index in [-0.39, 0.29) is 0 Å². The molecule has 0 fully saturated rings. The van der Waals surface area contributed by atoms with Gasteiger partial charge in [-0.05, 0) is 18.8 Å². The van der Waals surface area contributed by atoms with Gasteiger partial charge < -0.3 is 0 Å². The van der Waals surface area contributed by atoms with E-state index in [0.29, 0.717) is 18.6 Å². The summed E-state index contributed by atoms with van der Waals surface area (Å²) in [4.78, 5) is 10.9. The zero-order chi connectivity index (χ0) is 7.98. The summed E-state index contributed by atoms with van der Waals surface area (Å²) in [6.45, 7) is 6.15. The summed E-state index contributed by atoms with van der Waals surface area (Å²) >= 11 is 0. The van der Waals surface area contributed by atoms with Crippen molar-refractivity contribution in [1.82, 2.24) is 0 Å². The molecule has 0 heterocycles. The molecule has 10 heavy (non-hydrogen) atoms. The van der Waals surface area contributed by atoms with Crippen LogP contribution in [0.15, 0.2) is 0 Å². The molecule has 0 unspecified atom stereocenters. The first-order chi connectivity index (χ1) is 4.74. The molecule has 0 saturated heterocycles. The van der Waals surface area contributed by atoms with E-state index in [4.69, 9.17) is 0 Å². The summed E-state index contributed by atoms with van der Waals surface area (Å²) in [5, 5.41) is 0. The molecule has 0 spiro atoms. The molecule has 0 aromatic heterocycles. The second-order valence-corrected chi connectivity index (χ2v) is 2.53. The van der Waals surface area contributed by atoms with E-state index >= 15 is 0 Å². The highest BCUT2D eigenvalue weighted by Crippen LogP contribution is 2.15. The normalized spacial score (nSPS) is 10.4. The SMILES string of the molecule is CC[C](CC)CC(=O)CC. The average molecular weight is 141 g/mol. The summed E-state index contributed by atoms with van der Waals surface area (Å²) in [7, 11) is 0. The quantitative estimate of drug-likeness (QED) is 0.575. The lowest BCUT2D eigenvalue weighted by molar-refractivity contribution is -0.118. The molecule has 0 bridgehead atoms. The fourth-order valence-electron chi connectivity index (χ4n) is 0.904. The van der Waals surface area contributed by atoms with Crippen molar-refractivity contribution in [3.8, 4) is 0 Å². The summed E-state index contributed by atoms with van der Waals surface area (Å²) in [5.74, 6) is 1.76. The first-order valence-electron chi connectivity index (χ1n) is 4.09. The number of hydrogen-bond donors (Lipinski definition) is 0. The number of rotatable bonds is 5. The number of carbonyl (C=O) groups excluding carboxylic acids is 1. The highest BCUT2D eigenvalue weighted by molar-refractivity contribution is 5.79. The average Bonchev–Trinajstić information content (AvgIpc) is 1.99. The Labute approximate surface area is 63.8 Å². The minimum atomic E-state index is 0.374. The number of Topliss-reactive ketones (excluding diaryl/α,β-unsaturated/α-hetero) is 1. The fourth-order valence-corrected chi connectivity index (χ4v) is 0.904. The van der Waals surface area contributed by atoms with Crippen molar-refractivity contribution in [1.29, 1.82) is 0 Å². The molecule has 0 aliphatic carbocycles. The standard InChI is InChI=1S/C9H17O/c1-4-8(5-2)7-9(10)6-3/h4-7H2,1-3H3. The number of ketones is 1. The summed E-state index contributed by atoms with van der Waals surface area (Å²) in [5.41, 5.74) is 0. The maximum absolute atomic E-state index is 10.9. The van der Waals surface area contributed by atoms with Crippen LogP contribution >= 0.6 is 0 Å². The Kier molecular flexibility index (Phi) is 5.27. The molecule has 0 aromatic carbocycles. The van der Waals surface area contributed by atoms with E-state index in [9.17, 15) is 4.79 Å². The summed E-state index contributed by atoms with van der Waals surface area (Å²) in [6, 6.07) is 0. The van der Waals surface area contributed by atoms with Crippen LogP contribution in [0.5, 0.6) is 0 Å². The van der Waals surface area contributed by atoms with Crippen molar-refractivity contribution in [2.45, 2.75) is 46.5 Å². The zero-order valence-corrected chi connectivity index (χ0v) is 7.24. The van der Waals surface area contributed by atoms with Gasteiger partial charge in [-0.15, -0.1) is 0 Å². The molecule has 0 amide bonds. The summed E-state index contributed by atoms with van der Waals surface area (Å²) < 4.78 is 0. The highest BCUT2D eigenvalue weighted by Gasteiger charge is 2.07. The fraction of sp³-hybridized carbons (Fsp3) is 0.778. The lowest BCUT2D eigenvalue weighted by Gasteiger charge is -2.08. The van der Waals surface area contributed by atoms with Crippen LogP contribution in [-0.4, -0.2) is 5.78 Å². The maximum Gasteiger partial charge on any atom is 0.133 e. The van der Waals surface area contributed by atoms with Crippen LogP contribution in [0.3, 0.4) is 0 Å². The lowest BCUT2D eigenvalue weighted by Crippen LogP contribution is -2.03. The summed E-state index contributed by atoms with van der Waals surface area (Å²) in [6.07, 6.45) is 3.51. The first-order valence-corrected chi connectivity index (χ1v) is 4.09. The Bertz CT molecular complexity index is 92.9. The Morgan fingerprint density at radius 3 is 1.80 bits per heavy atom.